The van der Waals surface area contributed by atoms with E-state index in [0.717, 1.165) is 22.8 Å². The summed E-state index contributed by atoms with van der Waals surface area (Å²) in [6.07, 6.45) is 1.79. The molecule has 1 amide bonds. The van der Waals surface area contributed by atoms with E-state index in [0.29, 0.717) is 25.9 Å². The van der Waals surface area contributed by atoms with E-state index in [4.69, 9.17) is 14.2 Å². The second-order valence-electron chi connectivity index (χ2n) is 7.35. The summed E-state index contributed by atoms with van der Waals surface area (Å²) in [5.41, 5.74) is 0.623. The molecule has 3 rings (SSSR count). The van der Waals surface area contributed by atoms with Crippen molar-refractivity contribution in [1.82, 2.24) is 5.32 Å². The Balaban J connectivity index is 1.57. The second-order valence-corrected chi connectivity index (χ2v) is 7.35. The fourth-order valence-corrected chi connectivity index (χ4v) is 3.29. The van der Waals surface area contributed by atoms with Gasteiger partial charge in [0.05, 0.1) is 19.8 Å². The van der Waals surface area contributed by atoms with Crippen molar-refractivity contribution in [3.8, 4) is 17.2 Å². The minimum absolute atomic E-state index is 0.0168. The summed E-state index contributed by atoms with van der Waals surface area (Å²) < 4.78 is 17.0. The van der Waals surface area contributed by atoms with E-state index >= 15 is 0 Å². The van der Waals surface area contributed by atoms with Crippen LogP contribution in [-0.4, -0.2) is 25.2 Å². The fraction of sp³-hybridized carbons (Fsp3) is 0.409. The van der Waals surface area contributed by atoms with Gasteiger partial charge in [-0.3, -0.25) is 4.79 Å². The third kappa shape index (κ3) is 5.16. The first kappa shape index (κ1) is 19.1. The van der Waals surface area contributed by atoms with E-state index < -0.39 is 0 Å². The largest absolute Gasteiger partial charge is 0.497 e. The number of rotatable bonds is 7. The number of methoxy groups -OCH3 is 1. The quantitative estimate of drug-likeness (QED) is 0.741. The molecule has 27 heavy (non-hydrogen) atoms. The van der Waals surface area contributed by atoms with Gasteiger partial charge in [0.25, 0.3) is 0 Å². The van der Waals surface area contributed by atoms with E-state index in [1.54, 1.807) is 7.11 Å². The zero-order chi connectivity index (χ0) is 19.3. The van der Waals surface area contributed by atoms with E-state index in [1.807, 2.05) is 62.4 Å². The first-order chi connectivity index (χ1) is 13.0. The van der Waals surface area contributed by atoms with Crippen molar-refractivity contribution in [2.45, 2.75) is 44.8 Å². The lowest BCUT2D eigenvalue weighted by atomic mass is 9.89. The molecular weight excluding hydrogens is 342 g/mol. The van der Waals surface area contributed by atoms with Crippen molar-refractivity contribution in [3.63, 3.8) is 0 Å². The van der Waals surface area contributed by atoms with Crippen LogP contribution >= 0.6 is 0 Å². The molecule has 0 aliphatic carbocycles. The molecule has 0 fully saturated rings. The Labute approximate surface area is 160 Å². The molecule has 1 aliphatic rings. The van der Waals surface area contributed by atoms with Crippen LogP contribution in [0.15, 0.2) is 48.5 Å². The number of benzene rings is 2. The summed E-state index contributed by atoms with van der Waals surface area (Å²) in [5, 5.41) is 3.15. The number of nitrogens with one attached hydrogen (secondary N) is 1. The average Bonchev–Trinajstić information content (AvgIpc) is 2.65. The number of hydrogen-bond acceptors (Lipinski definition) is 4. The lowest BCUT2D eigenvalue weighted by Gasteiger charge is -2.38. The van der Waals surface area contributed by atoms with Crippen LogP contribution in [0.2, 0.25) is 0 Å². The molecule has 0 spiro atoms. The maximum absolute atomic E-state index is 12.5. The molecule has 5 nitrogen and oxygen atoms in total. The minimum atomic E-state index is -0.337. The molecule has 0 aromatic heterocycles. The molecule has 1 N–H and O–H groups in total. The third-order valence-corrected chi connectivity index (χ3v) is 4.57. The number of hydrogen-bond donors (Lipinski definition) is 1. The maximum Gasteiger partial charge on any atom is 0.220 e. The fourth-order valence-electron chi connectivity index (χ4n) is 3.29. The monoisotopic (exact) mass is 369 g/mol. The molecular formula is C22H27NO4. The van der Waals surface area contributed by atoms with E-state index in [2.05, 4.69) is 5.32 Å². The number of para-hydroxylation sites is 1. The molecule has 0 radical (unpaired) electrons. The average molecular weight is 369 g/mol. The minimum Gasteiger partial charge on any atom is -0.497 e. The van der Waals surface area contributed by atoms with Gasteiger partial charge >= 0.3 is 0 Å². The van der Waals surface area contributed by atoms with Gasteiger partial charge in [0.1, 0.15) is 22.8 Å². The molecule has 0 bridgehead atoms. The van der Waals surface area contributed by atoms with Gasteiger partial charge in [-0.05, 0) is 50.6 Å². The van der Waals surface area contributed by atoms with Gasteiger partial charge in [-0.25, -0.2) is 0 Å². The van der Waals surface area contributed by atoms with Crippen molar-refractivity contribution in [2.75, 3.05) is 13.7 Å². The number of carbonyl (C=O) groups excluding carboxylic acids is 1. The molecule has 1 atom stereocenters. The molecule has 5 heteroatoms. The molecule has 2 aromatic carbocycles. The molecule has 144 valence electrons. The lowest BCUT2D eigenvalue weighted by molar-refractivity contribution is -0.122. The Morgan fingerprint density at radius 1 is 1.19 bits per heavy atom. The maximum atomic E-state index is 12.5. The SMILES string of the molecule is COc1ccc2c(c1)[C@H](NC(=O)CCCOc1ccccc1)CC(C)(C)O2. The van der Waals surface area contributed by atoms with E-state index in [1.165, 1.54) is 0 Å². The van der Waals surface area contributed by atoms with Gasteiger partial charge < -0.3 is 19.5 Å². The number of carbonyl (C=O) groups is 1. The highest BCUT2D eigenvalue weighted by Crippen LogP contribution is 2.41. The molecule has 1 heterocycles. The summed E-state index contributed by atoms with van der Waals surface area (Å²) in [6.45, 7) is 4.58. The predicted molar refractivity (Wildman–Crippen MR) is 104 cm³/mol. The standard InChI is InChI=1S/C22H27NO4/c1-22(2)15-19(18-14-17(25-3)11-12-20(18)27-22)23-21(24)10-7-13-26-16-8-5-4-6-9-16/h4-6,8-9,11-12,14,19H,7,10,13,15H2,1-3H3,(H,23,24)/t19-/m1/s1. The Bertz CT molecular complexity index is 773. The first-order valence-electron chi connectivity index (χ1n) is 9.31. The van der Waals surface area contributed by atoms with Crippen molar-refractivity contribution in [2.24, 2.45) is 0 Å². The summed E-state index contributed by atoms with van der Waals surface area (Å²) >= 11 is 0. The Kier molecular flexibility index (Phi) is 5.89. The van der Waals surface area contributed by atoms with Crippen LogP contribution < -0.4 is 19.5 Å². The highest BCUT2D eigenvalue weighted by Gasteiger charge is 2.34. The smallest absolute Gasteiger partial charge is 0.220 e. The topological polar surface area (TPSA) is 56.8 Å². The van der Waals surface area contributed by atoms with E-state index in [-0.39, 0.29) is 17.6 Å². The van der Waals surface area contributed by atoms with Crippen molar-refractivity contribution < 1.29 is 19.0 Å². The van der Waals surface area contributed by atoms with Gasteiger partial charge in [0.2, 0.25) is 5.91 Å². The van der Waals surface area contributed by atoms with Crippen molar-refractivity contribution in [1.29, 1.82) is 0 Å². The van der Waals surface area contributed by atoms with Crippen molar-refractivity contribution in [3.05, 3.63) is 54.1 Å². The van der Waals surface area contributed by atoms with Crippen LogP contribution in [0.4, 0.5) is 0 Å². The third-order valence-electron chi connectivity index (χ3n) is 4.57. The number of ether oxygens (including phenoxy) is 3. The Morgan fingerprint density at radius 3 is 2.70 bits per heavy atom. The summed E-state index contributed by atoms with van der Waals surface area (Å²) in [4.78, 5) is 12.5. The zero-order valence-electron chi connectivity index (χ0n) is 16.2. The normalized spacial score (nSPS) is 17.4. The highest BCUT2D eigenvalue weighted by molar-refractivity contribution is 5.76. The van der Waals surface area contributed by atoms with E-state index in [9.17, 15) is 4.79 Å². The predicted octanol–water partition coefficient (Wildman–Crippen LogP) is 4.27. The highest BCUT2D eigenvalue weighted by atomic mass is 16.5. The first-order valence-corrected chi connectivity index (χ1v) is 9.31. The van der Waals surface area contributed by atoms with Crippen molar-refractivity contribution >= 4 is 5.91 Å². The van der Waals surface area contributed by atoms with Gasteiger partial charge in [-0.1, -0.05) is 18.2 Å². The van der Waals surface area contributed by atoms with Gasteiger partial charge in [-0.2, -0.15) is 0 Å². The van der Waals surface area contributed by atoms with Crippen LogP contribution in [0.3, 0.4) is 0 Å². The second kappa shape index (κ2) is 8.33. The van der Waals surface area contributed by atoms with Crippen LogP contribution in [0.25, 0.3) is 0 Å². The van der Waals surface area contributed by atoms with Gasteiger partial charge in [0.15, 0.2) is 0 Å². The number of amides is 1. The molecule has 0 saturated carbocycles. The molecule has 0 saturated heterocycles. The van der Waals surface area contributed by atoms with Crippen LogP contribution in [0.5, 0.6) is 17.2 Å². The summed E-state index contributed by atoms with van der Waals surface area (Å²) in [7, 11) is 1.63. The van der Waals surface area contributed by atoms with Gasteiger partial charge in [-0.15, -0.1) is 0 Å². The van der Waals surface area contributed by atoms with Gasteiger partial charge in [0, 0.05) is 18.4 Å². The Hall–Kier alpha value is -2.69. The molecule has 1 aliphatic heterocycles. The van der Waals surface area contributed by atoms with Crippen LogP contribution in [-0.2, 0) is 4.79 Å². The van der Waals surface area contributed by atoms with Crippen LogP contribution in [0.1, 0.15) is 44.7 Å². The lowest BCUT2D eigenvalue weighted by Crippen LogP contribution is -2.41. The molecule has 2 aromatic rings. The summed E-state index contributed by atoms with van der Waals surface area (Å²) in [5.74, 6) is 2.39. The molecule has 0 unspecified atom stereocenters. The van der Waals surface area contributed by atoms with Crippen LogP contribution in [0, 0.1) is 0 Å². The summed E-state index contributed by atoms with van der Waals surface area (Å²) in [6, 6.07) is 15.3. The zero-order valence-corrected chi connectivity index (χ0v) is 16.2. The number of fused-ring (bicyclic) bond motifs is 1. The Morgan fingerprint density at radius 2 is 1.96 bits per heavy atom.